The van der Waals surface area contributed by atoms with Gasteiger partial charge < -0.3 is 9.55 Å². The third kappa shape index (κ3) is 2.98. The van der Waals surface area contributed by atoms with E-state index in [4.69, 9.17) is 12.2 Å². The zero-order chi connectivity index (χ0) is 10.7. The van der Waals surface area contributed by atoms with Gasteiger partial charge in [-0.15, -0.1) is 0 Å². The van der Waals surface area contributed by atoms with Crippen LogP contribution in [0.4, 0.5) is 0 Å². The fourth-order valence-corrected chi connectivity index (χ4v) is 1.97. The average molecular weight is 212 g/mol. The smallest absolute Gasteiger partial charge is 0.177 e. The maximum absolute atomic E-state index is 5.24. The molecule has 14 heavy (non-hydrogen) atoms. The largest absolute Gasteiger partial charge is 0.335 e. The molecule has 0 aliphatic rings. The van der Waals surface area contributed by atoms with Gasteiger partial charge in [-0.25, -0.2) is 0 Å². The van der Waals surface area contributed by atoms with Crippen molar-refractivity contribution < 1.29 is 0 Å². The van der Waals surface area contributed by atoms with Gasteiger partial charge in [0.25, 0.3) is 0 Å². The molecule has 3 heteroatoms. The van der Waals surface area contributed by atoms with Crippen molar-refractivity contribution in [1.82, 2.24) is 9.55 Å². The Bertz CT molecular complexity index is 335. The van der Waals surface area contributed by atoms with Crippen molar-refractivity contribution >= 4 is 12.2 Å². The Hall–Kier alpha value is -0.570. The molecule has 0 bridgehead atoms. The predicted molar refractivity (Wildman–Crippen MR) is 63.1 cm³/mol. The molecule has 0 saturated carbocycles. The van der Waals surface area contributed by atoms with Gasteiger partial charge in [0.05, 0.1) is 0 Å². The second kappa shape index (κ2) is 4.78. The second-order valence-electron chi connectivity index (χ2n) is 4.47. The number of hydrogen-bond donors (Lipinski definition) is 1. The summed E-state index contributed by atoms with van der Waals surface area (Å²) in [5.41, 5.74) is 1.14. The van der Waals surface area contributed by atoms with Crippen LogP contribution in [0.15, 0.2) is 6.20 Å². The molecular formula is C11H20N2S. The number of nitrogens with one attached hydrogen (secondary N) is 1. The molecule has 1 unspecified atom stereocenters. The normalized spacial score (nSPS) is 13.5. The highest BCUT2D eigenvalue weighted by atomic mass is 32.1. The monoisotopic (exact) mass is 212 g/mol. The number of nitrogens with zero attached hydrogens (tertiary/aromatic N) is 1. The van der Waals surface area contributed by atoms with E-state index >= 15 is 0 Å². The molecule has 1 aromatic heterocycles. The molecule has 1 aromatic rings. The summed E-state index contributed by atoms with van der Waals surface area (Å²) >= 11 is 5.24. The molecule has 2 nitrogen and oxygen atoms in total. The first kappa shape index (κ1) is 11.5. The number of aryl methyl sites for hydroxylation is 1. The summed E-state index contributed by atoms with van der Waals surface area (Å²) in [7, 11) is 0. The Kier molecular flexibility index (Phi) is 3.93. The van der Waals surface area contributed by atoms with E-state index in [0.29, 0.717) is 6.04 Å². The molecule has 0 saturated heterocycles. The fourth-order valence-electron chi connectivity index (χ4n) is 1.57. The molecule has 80 valence electrons. The SMILES string of the molecule is Cc1cn(C(C)CCC(C)C)c(=S)[nH]1. The molecule has 1 N–H and O–H groups in total. The van der Waals surface area contributed by atoms with E-state index < -0.39 is 0 Å². The van der Waals surface area contributed by atoms with Crippen molar-refractivity contribution in [3.63, 3.8) is 0 Å². The lowest BCUT2D eigenvalue weighted by atomic mass is 10.0. The van der Waals surface area contributed by atoms with Gasteiger partial charge in [0.15, 0.2) is 4.77 Å². The van der Waals surface area contributed by atoms with Crippen LogP contribution in [0.25, 0.3) is 0 Å². The van der Waals surface area contributed by atoms with Crippen LogP contribution < -0.4 is 0 Å². The topological polar surface area (TPSA) is 20.7 Å². The van der Waals surface area contributed by atoms with Crippen LogP contribution in [0.2, 0.25) is 0 Å². The van der Waals surface area contributed by atoms with Crippen LogP contribution >= 0.6 is 12.2 Å². The van der Waals surface area contributed by atoms with E-state index in [-0.39, 0.29) is 0 Å². The summed E-state index contributed by atoms with van der Waals surface area (Å²) in [6.07, 6.45) is 4.56. The van der Waals surface area contributed by atoms with E-state index in [9.17, 15) is 0 Å². The van der Waals surface area contributed by atoms with Crippen molar-refractivity contribution in [3.8, 4) is 0 Å². The minimum absolute atomic E-state index is 0.509. The summed E-state index contributed by atoms with van der Waals surface area (Å²) in [4.78, 5) is 3.15. The van der Waals surface area contributed by atoms with E-state index in [1.165, 1.54) is 12.8 Å². The number of aromatic nitrogens is 2. The minimum atomic E-state index is 0.509. The van der Waals surface area contributed by atoms with Crippen molar-refractivity contribution in [2.45, 2.75) is 46.6 Å². The van der Waals surface area contributed by atoms with Gasteiger partial charge in [0.1, 0.15) is 0 Å². The van der Waals surface area contributed by atoms with Gasteiger partial charge in [0, 0.05) is 17.9 Å². The third-order valence-corrected chi connectivity index (χ3v) is 2.82. The lowest BCUT2D eigenvalue weighted by Crippen LogP contribution is -2.05. The highest BCUT2D eigenvalue weighted by Crippen LogP contribution is 2.17. The summed E-state index contributed by atoms with van der Waals surface area (Å²) in [5, 5.41) is 0. The van der Waals surface area contributed by atoms with E-state index in [1.54, 1.807) is 0 Å². The van der Waals surface area contributed by atoms with Crippen LogP contribution in [0.3, 0.4) is 0 Å². The Morgan fingerprint density at radius 3 is 2.43 bits per heavy atom. The number of hydrogen-bond acceptors (Lipinski definition) is 1. The first-order valence-electron chi connectivity index (χ1n) is 5.28. The highest BCUT2D eigenvalue weighted by molar-refractivity contribution is 7.71. The molecular weight excluding hydrogens is 192 g/mol. The quantitative estimate of drug-likeness (QED) is 0.752. The summed E-state index contributed by atoms with van der Waals surface area (Å²) < 4.78 is 3.01. The summed E-state index contributed by atoms with van der Waals surface area (Å²) in [6.45, 7) is 8.79. The Balaban J connectivity index is 2.65. The molecule has 0 fully saturated rings. The number of rotatable bonds is 4. The van der Waals surface area contributed by atoms with Crippen molar-refractivity contribution in [2.75, 3.05) is 0 Å². The summed E-state index contributed by atoms with van der Waals surface area (Å²) in [5.74, 6) is 0.770. The predicted octanol–water partition coefficient (Wildman–Crippen LogP) is 3.85. The lowest BCUT2D eigenvalue weighted by Gasteiger charge is -2.14. The Morgan fingerprint density at radius 2 is 2.00 bits per heavy atom. The van der Waals surface area contributed by atoms with Crippen LogP contribution in [-0.2, 0) is 0 Å². The standard InChI is InChI=1S/C11H20N2S/c1-8(2)5-6-10(4)13-7-9(3)12-11(13)14/h7-8,10H,5-6H2,1-4H3,(H,12,14). The second-order valence-corrected chi connectivity index (χ2v) is 4.86. The Labute approximate surface area is 91.3 Å². The molecule has 0 aliphatic carbocycles. The molecule has 1 rings (SSSR count). The lowest BCUT2D eigenvalue weighted by molar-refractivity contribution is 0.436. The van der Waals surface area contributed by atoms with Crippen LogP contribution in [-0.4, -0.2) is 9.55 Å². The summed E-state index contributed by atoms with van der Waals surface area (Å²) in [6, 6.07) is 0.509. The van der Waals surface area contributed by atoms with Gasteiger partial charge in [-0.05, 0) is 44.8 Å². The molecule has 1 atom stereocenters. The van der Waals surface area contributed by atoms with E-state index in [0.717, 1.165) is 16.4 Å². The third-order valence-electron chi connectivity index (χ3n) is 2.51. The molecule has 0 spiro atoms. The average Bonchev–Trinajstić information content (AvgIpc) is 2.41. The Morgan fingerprint density at radius 1 is 1.36 bits per heavy atom. The van der Waals surface area contributed by atoms with Gasteiger partial charge in [-0.3, -0.25) is 0 Å². The van der Waals surface area contributed by atoms with Gasteiger partial charge >= 0.3 is 0 Å². The van der Waals surface area contributed by atoms with Crippen LogP contribution in [0, 0.1) is 17.6 Å². The van der Waals surface area contributed by atoms with Crippen LogP contribution in [0.5, 0.6) is 0 Å². The molecule has 0 amide bonds. The zero-order valence-corrected chi connectivity index (χ0v) is 10.3. The van der Waals surface area contributed by atoms with Crippen molar-refractivity contribution in [1.29, 1.82) is 0 Å². The molecule has 0 aliphatic heterocycles. The molecule has 0 aromatic carbocycles. The van der Waals surface area contributed by atoms with Gasteiger partial charge in [-0.1, -0.05) is 13.8 Å². The van der Waals surface area contributed by atoms with E-state index in [2.05, 4.69) is 36.5 Å². The first-order valence-corrected chi connectivity index (χ1v) is 5.69. The fraction of sp³-hybridized carbons (Fsp3) is 0.727. The van der Waals surface area contributed by atoms with Gasteiger partial charge in [0.2, 0.25) is 0 Å². The zero-order valence-electron chi connectivity index (χ0n) is 9.50. The number of aromatic amines is 1. The van der Waals surface area contributed by atoms with E-state index in [1.807, 2.05) is 6.92 Å². The first-order chi connectivity index (χ1) is 6.50. The van der Waals surface area contributed by atoms with Gasteiger partial charge in [-0.2, -0.15) is 0 Å². The van der Waals surface area contributed by atoms with Crippen LogP contribution in [0.1, 0.15) is 45.3 Å². The molecule has 0 radical (unpaired) electrons. The number of H-pyrrole nitrogens is 1. The maximum Gasteiger partial charge on any atom is 0.177 e. The molecule has 1 heterocycles. The van der Waals surface area contributed by atoms with Crippen molar-refractivity contribution in [3.05, 3.63) is 16.7 Å². The maximum atomic E-state index is 5.24. The highest BCUT2D eigenvalue weighted by Gasteiger charge is 2.07. The number of imidazole rings is 1. The minimum Gasteiger partial charge on any atom is -0.335 e. The van der Waals surface area contributed by atoms with Crippen molar-refractivity contribution in [2.24, 2.45) is 5.92 Å².